The van der Waals surface area contributed by atoms with Crippen molar-refractivity contribution < 1.29 is 0 Å². The van der Waals surface area contributed by atoms with Crippen LogP contribution in [-0.4, -0.2) is 6.54 Å². The fraction of sp³-hybridized carbons (Fsp3) is 0.455. The number of hydrogen-bond donors (Lipinski definition) is 1. The topological polar surface area (TPSA) is 12.0 Å². The Bertz CT molecular complexity index is 319. The third-order valence-corrected chi connectivity index (χ3v) is 4.54. The van der Waals surface area contributed by atoms with Crippen LogP contribution in [0, 0.1) is 0 Å². The summed E-state index contributed by atoms with van der Waals surface area (Å²) in [5.41, 5.74) is 1.39. The minimum atomic E-state index is 0.549. The molecule has 0 aromatic heterocycles. The Kier molecular flexibility index (Phi) is 3.63. The highest BCUT2D eigenvalue weighted by Crippen LogP contribution is 2.29. The van der Waals surface area contributed by atoms with Gasteiger partial charge in [-0.05, 0) is 68.9 Å². The molecule has 1 saturated heterocycles. The summed E-state index contributed by atoms with van der Waals surface area (Å²) in [6.07, 6.45) is 3.91. The summed E-state index contributed by atoms with van der Waals surface area (Å²) >= 11 is 7.02. The average Bonchev–Trinajstić information content (AvgIpc) is 2.23. The van der Waals surface area contributed by atoms with E-state index in [1.165, 1.54) is 24.8 Å². The minimum absolute atomic E-state index is 0.549. The zero-order valence-corrected chi connectivity index (χ0v) is 11.1. The van der Waals surface area contributed by atoms with Crippen molar-refractivity contribution in [3.8, 4) is 0 Å². The van der Waals surface area contributed by atoms with Crippen molar-refractivity contribution in [1.82, 2.24) is 5.32 Å². The molecule has 1 atom stereocenters. The van der Waals surface area contributed by atoms with Gasteiger partial charge < -0.3 is 5.32 Å². The van der Waals surface area contributed by atoms with E-state index in [1.807, 2.05) is 0 Å². The zero-order chi connectivity index (χ0) is 9.97. The first-order chi connectivity index (χ1) is 6.77. The van der Waals surface area contributed by atoms with Crippen molar-refractivity contribution in [2.24, 2.45) is 0 Å². The van der Waals surface area contributed by atoms with Crippen LogP contribution in [0.2, 0.25) is 0 Å². The third-order valence-electron chi connectivity index (χ3n) is 2.66. The molecular weight excluding hydrogens is 306 g/mol. The molecule has 0 amide bonds. The van der Waals surface area contributed by atoms with Crippen molar-refractivity contribution in [1.29, 1.82) is 0 Å². The zero-order valence-electron chi connectivity index (χ0n) is 7.89. The predicted octanol–water partition coefficient (Wildman–Crippen LogP) is 4.03. The molecule has 0 radical (unpaired) electrons. The summed E-state index contributed by atoms with van der Waals surface area (Å²) in [6.45, 7) is 1.15. The largest absolute Gasteiger partial charge is 0.310 e. The van der Waals surface area contributed by atoms with E-state index in [0.29, 0.717) is 6.04 Å². The number of piperidine rings is 1. The first-order valence-electron chi connectivity index (χ1n) is 4.96. The molecule has 1 nitrogen and oxygen atoms in total. The molecule has 1 aliphatic heterocycles. The Morgan fingerprint density at radius 1 is 1.14 bits per heavy atom. The fourth-order valence-electron chi connectivity index (χ4n) is 1.87. The second-order valence-electron chi connectivity index (χ2n) is 3.68. The van der Waals surface area contributed by atoms with Gasteiger partial charge in [-0.25, -0.2) is 0 Å². The Labute approximate surface area is 102 Å². The second-order valence-corrected chi connectivity index (χ2v) is 5.38. The monoisotopic (exact) mass is 317 g/mol. The van der Waals surface area contributed by atoms with Crippen LogP contribution >= 0.6 is 31.9 Å². The molecule has 0 saturated carbocycles. The second kappa shape index (κ2) is 4.77. The summed E-state index contributed by atoms with van der Waals surface area (Å²) in [6, 6.07) is 7.05. The van der Waals surface area contributed by atoms with Crippen molar-refractivity contribution in [3.05, 3.63) is 32.7 Å². The van der Waals surface area contributed by atoms with Crippen molar-refractivity contribution in [2.45, 2.75) is 25.3 Å². The highest BCUT2D eigenvalue weighted by molar-refractivity contribution is 9.13. The molecule has 1 fully saturated rings. The predicted molar refractivity (Wildman–Crippen MR) is 66.4 cm³/mol. The first-order valence-corrected chi connectivity index (χ1v) is 6.54. The Morgan fingerprint density at radius 2 is 2.00 bits per heavy atom. The summed E-state index contributed by atoms with van der Waals surface area (Å²) in [4.78, 5) is 0. The summed E-state index contributed by atoms with van der Waals surface area (Å²) in [5.74, 6) is 0. The number of halogens is 2. The molecule has 1 aromatic carbocycles. The smallest absolute Gasteiger partial charge is 0.0320 e. The van der Waals surface area contributed by atoms with Crippen LogP contribution in [0.5, 0.6) is 0 Å². The molecule has 3 heteroatoms. The Balaban J connectivity index is 2.18. The van der Waals surface area contributed by atoms with Gasteiger partial charge in [-0.3, -0.25) is 0 Å². The quantitative estimate of drug-likeness (QED) is 0.824. The van der Waals surface area contributed by atoms with Crippen LogP contribution < -0.4 is 5.32 Å². The van der Waals surface area contributed by atoms with Crippen LogP contribution in [0.4, 0.5) is 0 Å². The van der Waals surface area contributed by atoms with Gasteiger partial charge in [-0.2, -0.15) is 0 Å². The van der Waals surface area contributed by atoms with Crippen molar-refractivity contribution in [3.63, 3.8) is 0 Å². The molecule has 1 unspecified atom stereocenters. The van der Waals surface area contributed by atoms with Gasteiger partial charge in [0.25, 0.3) is 0 Å². The number of benzene rings is 1. The maximum absolute atomic E-state index is 3.55. The van der Waals surface area contributed by atoms with Crippen molar-refractivity contribution >= 4 is 31.9 Å². The molecule has 0 spiro atoms. The molecule has 1 N–H and O–H groups in total. The molecule has 2 rings (SSSR count). The van der Waals surface area contributed by atoms with Gasteiger partial charge >= 0.3 is 0 Å². The molecule has 0 aliphatic carbocycles. The van der Waals surface area contributed by atoms with Crippen LogP contribution in [-0.2, 0) is 0 Å². The Morgan fingerprint density at radius 3 is 2.64 bits per heavy atom. The van der Waals surface area contributed by atoms with Gasteiger partial charge in [0.2, 0.25) is 0 Å². The molecular formula is C11H13Br2N. The maximum Gasteiger partial charge on any atom is 0.0320 e. The van der Waals surface area contributed by atoms with Gasteiger partial charge in [0.05, 0.1) is 0 Å². The van der Waals surface area contributed by atoms with E-state index < -0.39 is 0 Å². The lowest BCUT2D eigenvalue weighted by Crippen LogP contribution is -2.26. The van der Waals surface area contributed by atoms with E-state index in [-0.39, 0.29) is 0 Å². The first kappa shape index (κ1) is 10.7. The third kappa shape index (κ3) is 2.38. The van der Waals surface area contributed by atoms with E-state index in [0.717, 1.165) is 15.5 Å². The lowest BCUT2D eigenvalue weighted by molar-refractivity contribution is 0.412. The molecule has 76 valence electrons. The summed E-state index contributed by atoms with van der Waals surface area (Å²) in [7, 11) is 0. The molecule has 1 aliphatic rings. The van der Waals surface area contributed by atoms with Gasteiger partial charge in [0, 0.05) is 15.0 Å². The fourth-order valence-corrected chi connectivity index (χ4v) is 2.51. The molecule has 14 heavy (non-hydrogen) atoms. The number of rotatable bonds is 1. The van der Waals surface area contributed by atoms with Gasteiger partial charge in [-0.1, -0.05) is 12.5 Å². The SMILES string of the molecule is Brc1ccc(C2CCCCN2)cc1Br. The van der Waals surface area contributed by atoms with Crippen LogP contribution in [0.1, 0.15) is 30.9 Å². The average molecular weight is 319 g/mol. The van der Waals surface area contributed by atoms with Gasteiger partial charge in [-0.15, -0.1) is 0 Å². The van der Waals surface area contributed by atoms with E-state index in [4.69, 9.17) is 0 Å². The highest BCUT2D eigenvalue weighted by Gasteiger charge is 2.14. The molecule has 1 heterocycles. The van der Waals surface area contributed by atoms with Crippen LogP contribution in [0.3, 0.4) is 0 Å². The maximum atomic E-state index is 3.55. The normalized spacial score (nSPS) is 22.3. The van der Waals surface area contributed by atoms with Crippen LogP contribution in [0.15, 0.2) is 27.1 Å². The number of nitrogens with one attached hydrogen (secondary N) is 1. The van der Waals surface area contributed by atoms with E-state index in [1.54, 1.807) is 0 Å². The summed E-state index contributed by atoms with van der Waals surface area (Å²) < 4.78 is 2.26. The highest BCUT2D eigenvalue weighted by atomic mass is 79.9. The lowest BCUT2D eigenvalue weighted by Gasteiger charge is -2.24. The van der Waals surface area contributed by atoms with E-state index >= 15 is 0 Å². The molecule has 1 aromatic rings. The standard InChI is InChI=1S/C11H13Br2N/c12-9-5-4-8(7-10(9)13)11-3-1-2-6-14-11/h4-5,7,11,14H,1-3,6H2. The number of hydrogen-bond acceptors (Lipinski definition) is 1. The summed E-state index contributed by atoms with van der Waals surface area (Å²) in [5, 5.41) is 3.55. The Hall–Kier alpha value is 0.140. The van der Waals surface area contributed by atoms with E-state index in [2.05, 4.69) is 55.4 Å². The van der Waals surface area contributed by atoms with Gasteiger partial charge in [0.1, 0.15) is 0 Å². The van der Waals surface area contributed by atoms with E-state index in [9.17, 15) is 0 Å². The molecule has 0 bridgehead atoms. The van der Waals surface area contributed by atoms with Crippen LogP contribution in [0.25, 0.3) is 0 Å². The minimum Gasteiger partial charge on any atom is -0.310 e. The van der Waals surface area contributed by atoms with Crippen molar-refractivity contribution in [2.75, 3.05) is 6.54 Å². The lowest BCUT2D eigenvalue weighted by atomic mass is 9.98. The van der Waals surface area contributed by atoms with Gasteiger partial charge in [0.15, 0.2) is 0 Å².